The Kier molecular flexibility index (Phi) is 7.07. The molecule has 0 aromatic heterocycles. The minimum Gasteiger partial charge on any atom is -0.497 e. The van der Waals surface area contributed by atoms with Crippen molar-refractivity contribution in [1.29, 1.82) is 0 Å². The number of carbonyl (C=O) groups excluding carboxylic acids is 2. The molecule has 5 nitrogen and oxygen atoms in total. The molecule has 0 radical (unpaired) electrons. The van der Waals surface area contributed by atoms with Crippen LogP contribution in [-0.2, 0) is 22.6 Å². The van der Waals surface area contributed by atoms with E-state index < -0.39 is 6.04 Å². The largest absolute Gasteiger partial charge is 0.497 e. The van der Waals surface area contributed by atoms with E-state index in [1.807, 2.05) is 42.5 Å². The maximum atomic E-state index is 13.2. The highest BCUT2D eigenvalue weighted by Gasteiger charge is 2.25. The van der Waals surface area contributed by atoms with Crippen LogP contribution in [0.3, 0.4) is 0 Å². The molecule has 3 rings (SSSR count). The van der Waals surface area contributed by atoms with E-state index in [0.29, 0.717) is 19.4 Å². The van der Waals surface area contributed by atoms with Gasteiger partial charge in [-0.3, -0.25) is 9.59 Å². The molecular weight excluding hydrogens is 376 g/mol. The molecule has 0 spiro atoms. The Labute approximate surface area is 177 Å². The van der Waals surface area contributed by atoms with Crippen LogP contribution < -0.4 is 10.1 Å². The molecule has 156 valence electrons. The molecule has 0 saturated carbocycles. The highest BCUT2D eigenvalue weighted by molar-refractivity contribution is 5.88. The topological polar surface area (TPSA) is 58.6 Å². The molecular formula is C25H28N2O3. The number of rotatable bonds is 8. The van der Waals surface area contributed by atoms with Gasteiger partial charge < -0.3 is 15.0 Å². The minimum absolute atomic E-state index is 0.0464. The number of hydrogen-bond acceptors (Lipinski definition) is 3. The molecule has 30 heavy (non-hydrogen) atoms. The third-order valence-corrected chi connectivity index (χ3v) is 5.41. The lowest BCUT2D eigenvalue weighted by atomic mass is 10.0. The molecule has 1 atom stereocenters. The van der Waals surface area contributed by atoms with Crippen molar-refractivity contribution < 1.29 is 14.3 Å². The maximum absolute atomic E-state index is 13.2. The second kappa shape index (κ2) is 9.92. The smallest absolute Gasteiger partial charge is 0.242 e. The summed E-state index contributed by atoms with van der Waals surface area (Å²) in [6.07, 6.45) is 0.964. The van der Waals surface area contributed by atoms with Crippen LogP contribution in [0, 0.1) is 0 Å². The Balaban J connectivity index is 1.77. The van der Waals surface area contributed by atoms with Crippen LogP contribution in [-0.4, -0.2) is 36.9 Å². The molecule has 0 heterocycles. The summed E-state index contributed by atoms with van der Waals surface area (Å²) in [5, 5.41) is 4.97. The number of amides is 2. The van der Waals surface area contributed by atoms with Crippen molar-refractivity contribution in [3.63, 3.8) is 0 Å². The van der Waals surface area contributed by atoms with Crippen LogP contribution in [0.2, 0.25) is 0 Å². The summed E-state index contributed by atoms with van der Waals surface area (Å²) in [5.74, 6) is 0.531. The molecule has 1 N–H and O–H groups in total. The van der Waals surface area contributed by atoms with Gasteiger partial charge in [0.05, 0.1) is 7.11 Å². The summed E-state index contributed by atoms with van der Waals surface area (Å²) in [4.78, 5) is 27.1. The number of benzene rings is 3. The molecule has 0 aliphatic carbocycles. The lowest BCUT2D eigenvalue weighted by Gasteiger charge is -2.28. The van der Waals surface area contributed by atoms with Crippen LogP contribution in [0.25, 0.3) is 10.8 Å². The minimum atomic E-state index is -0.558. The Bertz CT molecular complexity index is 1010. The van der Waals surface area contributed by atoms with E-state index in [2.05, 4.69) is 29.6 Å². The molecule has 0 saturated heterocycles. The van der Waals surface area contributed by atoms with Gasteiger partial charge in [-0.2, -0.15) is 0 Å². The van der Waals surface area contributed by atoms with Crippen molar-refractivity contribution in [2.45, 2.75) is 32.4 Å². The van der Waals surface area contributed by atoms with Gasteiger partial charge >= 0.3 is 0 Å². The zero-order chi connectivity index (χ0) is 21.5. The van der Waals surface area contributed by atoms with Crippen LogP contribution in [0.1, 0.15) is 24.5 Å². The Morgan fingerprint density at radius 2 is 1.70 bits per heavy atom. The first kappa shape index (κ1) is 21.4. The quantitative estimate of drug-likeness (QED) is 0.619. The van der Waals surface area contributed by atoms with Gasteiger partial charge in [0.15, 0.2) is 0 Å². The molecule has 0 fully saturated rings. The summed E-state index contributed by atoms with van der Waals surface area (Å²) in [6.45, 7) is 2.13. The first-order valence-corrected chi connectivity index (χ1v) is 10.1. The summed E-state index contributed by atoms with van der Waals surface area (Å²) in [5.41, 5.74) is 2.09. The van der Waals surface area contributed by atoms with Gasteiger partial charge in [-0.1, -0.05) is 54.6 Å². The fraction of sp³-hybridized carbons (Fsp3) is 0.280. The van der Waals surface area contributed by atoms with Gasteiger partial charge in [0.1, 0.15) is 11.8 Å². The fourth-order valence-corrected chi connectivity index (χ4v) is 3.61. The van der Waals surface area contributed by atoms with E-state index in [1.54, 1.807) is 26.0 Å². The van der Waals surface area contributed by atoms with Crippen LogP contribution in [0.5, 0.6) is 5.75 Å². The van der Waals surface area contributed by atoms with Crippen molar-refractivity contribution in [3.05, 3.63) is 77.9 Å². The molecule has 0 aliphatic heterocycles. The molecule has 2 amide bonds. The number of methoxy groups -OCH3 is 1. The zero-order valence-electron chi connectivity index (χ0n) is 17.7. The number of hydrogen-bond donors (Lipinski definition) is 1. The van der Waals surface area contributed by atoms with Crippen molar-refractivity contribution >= 4 is 22.6 Å². The van der Waals surface area contributed by atoms with Crippen LogP contribution in [0.15, 0.2) is 66.7 Å². The molecule has 5 heteroatoms. The zero-order valence-corrected chi connectivity index (χ0v) is 17.7. The van der Waals surface area contributed by atoms with Crippen molar-refractivity contribution in [3.8, 4) is 5.75 Å². The lowest BCUT2D eigenvalue weighted by molar-refractivity contribution is -0.140. The summed E-state index contributed by atoms with van der Waals surface area (Å²) in [7, 11) is 3.21. The highest BCUT2D eigenvalue weighted by Crippen LogP contribution is 2.21. The number of nitrogens with zero attached hydrogens (tertiary/aromatic N) is 1. The predicted octanol–water partition coefficient (Wildman–Crippen LogP) is 3.94. The summed E-state index contributed by atoms with van der Waals surface area (Å²) in [6, 6.07) is 21.3. The first-order chi connectivity index (χ1) is 14.5. The number of nitrogens with one attached hydrogen (secondary N) is 1. The average molecular weight is 405 g/mol. The molecule has 0 aliphatic rings. The third kappa shape index (κ3) is 4.98. The predicted molar refractivity (Wildman–Crippen MR) is 119 cm³/mol. The van der Waals surface area contributed by atoms with Gasteiger partial charge in [0.2, 0.25) is 11.8 Å². The number of ether oxygens (including phenoxy) is 1. The number of aryl methyl sites for hydroxylation is 1. The fourth-order valence-electron chi connectivity index (χ4n) is 3.61. The van der Waals surface area contributed by atoms with E-state index >= 15 is 0 Å². The van der Waals surface area contributed by atoms with E-state index in [-0.39, 0.29) is 11.8 Å². The number of fused-ring (bicyclic) bond motifs is 1. The Morgan fingerprint density at radius 3 is 2.40 bits per heavy atom. The molecule has 0 unspecified atom stereocenters. The molecule has 3 aromatic rings. The van der Waals surface area contributed by atoms with E-state index in [1.165, 1.54) is 0 Å². The first-order valence-electron chi connectivity index (χ1n) is 10.1. The van der Waals surface area contributed by atoms with Crippen molar-refractivity contribution in [1.82, 2.24) is 10.2 Å². The van der Waals surface area contributed by atoms with Gasteiger partial charge in [-0.15, -0.1) is 0 Å². The van der Waals surface area contributed by atoms with Crippen molar-refractivity contribution in [2.75, 3.05) is 14.2 Å². The van der Waals surface area contributed by atoms with Crippen LogP contribution in [0.4, 0.5) is 0 Å². The maximum Gasteiger partial charge on any atom is 0.242 e. The van der Waals surface area contributed by atoms with Gasteiger partial charge in [0, 0.05) is 20.0 Å². The van der Waals surface area contributed by atoms with Gasteiger partial charge in [0.25, 0.3) is 0 Å². The average Bonchev–Trinajstić information content (AvgIpc) is 2.80. The van der Waals surface area contributed by atoms with Gasteiger partial charge in [-0.05, 0) is 47.4 Å². The van der Waals surface area contributed by atoms with Crippen molar-refractivity contribution in [2.24, 2.45) is 0 Å². The van der Waals surface area contributed by atoms with E-state index in [0.717, 1.165) is 27.6 Å². The molecule has 3 aromatic carbocycles. The number of carbonyl (C=O) groups is 2. The van der Waals surface area contributed by atoms with E-state index in [9.17, 15) is 9.59 Å². The third-order valence-electron chi connectivity index (χ3n) is 5.41. The van der Waals surface area contributed by atoms with Gasteiger partial charge in [-0.25, -0.2) is 0 Å². The Morgan fingerprint density at radius 1 is 1.00 bits per heavy atom. The Hall–Kier alpha value is -3.34. The normalized spacial score (nSPS) is 11.7. The lowest BCUT2D eigenvalue weighted by Crippen LogP contribution is -2.46. The molecule has 0 bridgehead atoms. The highest BCUT2D eigenvalue weighted by atomic mass is 16.5. The summed E-state index contributed by atoms with van der Waals surface area (Å²) >= 11 is 0. The van der Waals surface area contributed by atoms with E-state index in [4.69, 9.17) is 4.74 Å². The SMILES string of the molecule is CNC(=O)[C@H](C)N(Cc1ccc(OC)cc1)C(=O)CCc1cccc2ccccc12. The van der Waals surface area contributed by atoms with Crippen LogP contribution >= 0.6 is 0 Å². The second-order valence-corrected chi connectivity index (χ2v) is 7.30. The monoisotopic (exact) mass is 404 g/mol. The summed E-state index contributed by atoms with van der Waals surface area (Å²) < 4.78 is 5.20. The second-order valence-electron chi connectivity index (χ2n) is 7.30. The standard InChI is InChI=1S/C25H28N2O3/c1-18(25(29)26-2)27(17-19-11-14-22(30-3)15-12-19)24(28)16-13-21-9-6-8-20-7-4-5-10-23(20)21/h4-12,14-15,18H,13,16-17H2,1-3H3,(H,26,29)/t18-/m0/s1. The number of likely N-dealkylation sites (N-methyl/N-ethyl adjacent to an activating group) is 1.